The third kappa shape index (κ3) is 2.64. The zero-order chi connectivity index (χ0) is 15.0. The van der Waals surface area contributed by atoms with Crippen LogP contribution in [0.5, 0.6) is 0 Å². The molecule has 7 nitrogen and oxygen atoms in total. The van der Waals surface area contributed by atoms with Crippen molar-refractivity contribution >= 4 is 17.5 Å². The van der Waals surface area contributed by atoms with Gasteiger partial charge < -0.3 is 10.2 Å². The minimum absolute atomic E-state index is 0.0281. The summed E-state index contributed by atoms with van der Waals surface area (Å²) in [6.45, 7) is 0.835. The van der Waals surface area contributed by atoms with E-state index in [2.05, 4.69) is 15.3 Å². The SMILES string of the molecule is CNc1ncc([N+](=O)[O-])c(N(C)CC2CC3CCC2C3)n1. The third-order valence-corrected chi connectivity index (χ3v) is 4.92. The van der Waals surface area contributed by atoms with Crippen LogP contribution in [-0.2, 0) is 0 Å². The second-order valence-corrected chi connectivity index (χ2v) is 6.23. The van der Waals surface area contributed by atoms with Crippen molar-refractivity contribution in [2.24, 2.45) is 17.8 Å². The molecule has 2 aliphatic carbocycles. The minimum Gasteiger partial charge on any atom is -0.357 e. The van der Waals surface area contributed by atoms with Crippen LogP contribution in [0.4, 0.5) is 17.5 Å². The second kappa shape index (κ2) is 5.46. The number of hydrogen-bond donors (Lipinski definition) is 1. The molecular weight excluding hydrogens is 270 g/mol. The van der Waals surface area contributed by atoms with Crippen LogP contribution >= 0.6 is 0 Å². The second-order valence-electron chi connectivity index (χ2n) is 6.23. The van der Waals surface area contributed by atoms with Gasteiger partial charge in [0.15, 0.2) is 0 Å². The Bertz CT molecular complexity index is 550. The first kappa shape index (κ1) is 14.0. The predicted octanol–water partition coefficient (Wildman–Crippen LogP) is 2.30. The van der Waals surface area contributed by atoms with Crippen LogP contribution in [0.3, 0.4) is 0 Å². The molecular formula is C14H21N5O2. The van der Waals surface area contributed by atoms with Crippen LogP contribution in [0.1, 0.15) is 25.7 Å². The summed E-state index contributed by atoms with van der Waals surface area (Å²) in [5, 5.41) is 14.0. The van der Waals surface area contributed by atoms with Crippen molar-refractivity contribution in [2.75, 3.05) is 30.9 Å². The van der Waals surface area contributed by atoms with E-state index in [0.717, 1.165) is 18.4 Å². The number of nitrogens with zero attached hydrogens (tertiary/aromatic N) is 4. The first-order chi connectivity index (χ1) is 10.1. The average molecular weight is 291 g/mol. The summed E-state index contributed by atoms with van der Waals surface area (Å²) in [6.07, 6.45) is 6.56. The highest BCUT2D eigenvalue weighted by atomic mass is 16.6. The highest BCUT2D eigenvalue weighted by Gasteiger charge is 2.40. The zero-order valence-electron chi connectivity index (χ0n) is 12.5. The number of nitro groups is 1. The largest absolute Gasteiger partial charge is 0.357 e. The molecule has 1 heterocycles. The Labute approximate surface area is 123 Å². The van der Waals surface area contributed by atoms with Crippen LogP contribution in [-0.4, -0.2) is 35.5 Å². The van der Waals surface area contributed by atoms with E-state index < -0.39 is 4.92 Å². The van der Waals surface area contributed by atoms with Crippen molar-refractivity contribution in [1.82, 2.24) is 9.97 Å². The summed E-state index contributed by atoms with van der Waals surface area (Å²) in [5.74, 6) is 3.13. The smallest absolute Gasteiger partial charge is 0.329 e. The van der Waals surface area contributed by atoms with E-state index in [-0.39, 0.29) is 5.69 Å². The first-order valence-electron chi connectivity index (χ1n) is 7.48. The Hall–Kier alpha value is -1.92. The molecule has 1 aromatic rings. The summed E-state index contributed by atoms with van der Waals surface area (Å²) >= 11 is 0. The van der Waals surface area contributed by atoms with E-state index in [9.17, 15) is 10.1 Å². The standard InChI is InChI=1S/C14H21N5O2/c1-15-14-16-7-12(19(20)21)13(17-14)18(2)8-11-6-9-3-4-10(11)5-9/h7,9-11H,3-6,8H2,1-2H3,(H,15,16,17). The van der Waals surface area contributed by atoms with Gasteiger partial charge >= 0.3 is 5.69 Å². The zero-order valence-corrected chi connectivity index (χ0v) is 12.5. The van der Waals surface area contributed by atoms with Crippen molar-refractivity contribution < 1.29 is 4.92 Å². The van der Waals surface area contributed by atoms with Gasteiger partial charge in [-0.05, 0) is 37.0 Å². The van der Waals surface area contributed by atoms with E-state index in [1.807, 2.05) is 11.9 Å². The van der Waals surface area contributed by atoms with Gasteiger partial charge in [-0.1, -0.05) is 6.42 Å². The number of fused-ring (bicyclic) bond motifs is 2. The Morgan fingerprint density at radius 2 is 2.29 bits per heavy atom. The molecule has 1 N–H and O–H groups in total. The maximum absolute atomic E-state index is 11.2. The molecule has 114 valence electrons. The predicted molar refractivity (Wildman–Crippen MR) is 80.4 cm³/mol. The van der Waals surface area contributed by atoms with Gasteiger partial charge in [-0.15, -0.1) is 0 Å². The summed E-state index contributed by atoms with van der Waals surface area (Å²) in [5.41, 5.74) is -0.0281. The Morgan fingerprint density at radius 1 is 1.48 bits per heavy atom. The minimum atomic E-state index is -0.411. The van der Waals surface area contributed by atoms with E-state index in [1.165, 1.54) is 31.9 Å². The molecule has 0 aromatic carbocycles. The highest BCUT2D eigenvalue weighted by molar-refractivity contribution is 5.58. The monoisotopic (exact) mass is 291 g/mol. The van der Waals surface area contributed by atoms with Crippen LogP contribution in [0.2, 0.25) is 0 Å². The molecule has 0 amide bonds. The first-order valence-corrected chi connectivity index (χ1v) is 7.48. The fraction of sp³-hybridized carbons (Fsp3) is 0.714. The number of aromatic nitrogens is 2. The van der Waals surface area contributed by atoms with Crippen molar-refractivity contribution in [3.8, 4) is 0 Å². The van der Waals surface area contributed by atoms with Crippen LogP contribution in [0.25, 0.3) is 0 Å². The van der Waals surface area contributed by atoms with Crippen molar-refractivity contribution in [2.45, 2.75) is 25.7 Å². The van der Waals surface area contributed by atoms with Gasteiger partial charge in [-0.3, -0.25) is 10.1 Å². The third-order valence-electron chi connectivity index (χ3n) is 4.92. The number of nitrogens with one attached hydrogen (secondary N) is 1. The van der Waals surface area contributed by atoms with E-state index in [1.54, 1.807) is 7.05 Å². The van der Waals surface area contributed by atoms with Gasteiger partial charge in [0.1, 0.15) is 6.20 Å². The van der Waals surface area contributed by atoms with E-state index in [0.29, 0.717) is 17.7 Å². The lowest BCUT2D eigenvalue weighted by molar-refractivity contribution is -0.384. The number of hydrogen-bond acceptors (Lipinski definition) is 6. The van der Waals surface area contributed by atoms with Gasteiger partial charge in [-0.2, -0.15) is 4.98 Å². The Kier molecular flexibility index (Phi) is 3.65. The number of anilines is 2. The maximum Gasteiger partial charge on any atom is 0.329 e. The molecule has 7 heteroatoms. The lowest BCUT2D eigenvalue weighted by Gasteiger charge is -2.27. The van der Waals surface area contributed by atoms with Gasteiger partial charge in [0.25, 0.3) is 0 Å². The fourth-order valence-electron chi connectivity index (χ4n) is 3.93. The van der Waals surface area contributed by atoms with E-state index in [4.69, 9.17) is 0 Å². The molecule has 0 aliphatic heterocycles. The number of rotatable bonds is 5. The summed E-state index contributed by atoms with van der Waals surface area (Å²) in [7, 11) is 3.60. The Balaban J connectivity index is 1.79. The molecule has 2 aliphatic rings. The van der Waals surface area contributed by atoms with Crippen molar-refractivity contribution in [1.29, 1.82) is 0 Å². The molecule has 0 spiro atoms. The van der Waals surface area contributed by atoms with Crippen LogP contribution < -0.4 is 10.2 Å². The molecule has 2 fully saturated rings. The van der Waals surface area contributed by atoms with Crippen molar-refractivity contribution in [3.63, 3.8) is 0 Å². The normalized spacial score (nSPS) is 26.9. The maximum atomic E-state index is 11.2. The van der Waals surface area contributed by atoms with Crippen LogP contribution in [0, 0.1) is 27.9 Å². The fourth-order valence-corrected chi connectivity index (χ4v) is 3.93. The van der Waals surface area contributed by atoms with Crippen molar-refractivity contribution in [3.05, 3.63) is 16.3 Å². The summed E-state index contributed by atoms with van der Waals surface area (Å²) in [6, 6.07) is 0. The molecule has 21 heavy (non-hydrogen) atoms. The van der Waals surface area contributed by atoms with Crippen LogP contribution in [0.15, 0.2) is 6.20 Å². The van der Waals surface area contributed by atoms with E-state index >= 15 is 0 Å². The molecule has 1 aromatic heterocycles. The molecule has 3 rings (SSSR count). The molecule has 3 atom stereocenters. The van der Waals surface area contributed by atoms with Gasteiger partial charge in [0, 0.05) is 20.6 Å². The highest BCUT2D eigenvalue weighted by Crippen LogP contribution is 2.48. The average Bonchev–Trinajstić information content (AvgIpc) is 3.09. The quantitative estimate of drug-likeness (QED) is 0.662. The van der Waals surface area contributed by atoms with Gasteiger partial charge in [0.05, 0.1) is 4.92 Å². The lowest BCUT2D eigenvalue weighted by Crippen LogP contribution is -2.30. The Morgan fingerprint density at radius 3 is 2.86 bits per heavy atom. The molecule has 0 saturated heterocycles. The molecule has 3 unspecified atom stereocenters. The summed E-state index contributed by atoms with van der Waals surface area (Å²) < 4.78 is 0. The molecule has 2 saturated carbocycles. The van der Waals surface area contributed by atoms with Gasteiger partial charge in [0.2, 0.25) is 11.8 Å². The molecule has 2 bridgehead atoms. The van der Waals surface area contributed by atoms with Gasteiger partial charge in [-0.25, -0.2) is 4.98 Å². The summed E-state index contributed by atoms with van der Waals surface area (Å²) in [4.78, 5) is 20.9. The topological polar surface area (TPSA) is 84.2 Å². The lowest BCUT2D eigenvalue weighted by atomic mass is 9.88. The molecule has 0 radical (unpaired) electrons.